The van der Waals surface area contributed by atoms with Crippen LogP contribution >= 0.6 is 11.6 Å². The van der Waals surface area contributed by atoms with E-state index in [1.807, 2.05) is 49.1 Å². The Bertz CT molecular complexity index is 2780. The summed E-state index contributed by atoms with van der Waals surface area (Å²) in [6.45, 7) is 5.30. The highest BCUT2D eigenvalue weighted by Gasteiger charge is 2.22. The molecular formula is C49H50ClN11O4. The Labute approximate surface area is 382 Å². The van der Waals surface area contributed by atoms with Crippen LogP contribution in [0.4, 0.5) is 17.7 Å². The monoisotopic (exact) mass is 891 g/mol. The van der Waals surface area contributed by atoms with Gasteiger partial charge in [0.05, 0.1) is 25.3 Å². The highest BCUT2D eigenvalue weighted by molar-refractivity contribution is 6.34. The highest BCUT2D eigenvalue weighted by atomic mass is 35.5. The Morgan fingerprint density at radius 3 is 1.45 bits per heavy atom. The molecule has 0 bridgehead atoms. The molecule has 332 valence electrons. The molecule has 10 rings (SSSR count). The molecule has 0 atom stereocenters. The second kappa shape index (κ2) is 21.3. The van der Waals surface area contributed by atoms with E-state index in [1.54, 1.807) is 24.5 Å². The second-order valence-corrected chi connectivity index (χ2v) is 15.9. The number of ether oxygens (including phenoxy) is 2. The number of methoxy groups -OCH3 is 2. The molecule has 8 aromatic rings. The van der Waals surface area contributed by atoms with Crippen molar-refractivity contribution < 1.29 is 19.7 Å². The summed E-state index contributed by atoms with van der Waals surface area (Å²) in [6.07, 6.45) is 16.2. The molecule has 2 N–H and O–H groups in total. The number of hydrogen-bond donors (Lipinski definition) is 2. The van der Waals surface area contributed by atoms with E-state index >= 15 is 0 Å². The standard InChI is InChI=1S/C24H24N6O2.C16H19N3.C9H7ClN2O2/c1-32-22-13-20-19(12-21(22)31)23(28-16-27-20)29-7-9-30(10-8-29)24-25-14-18(15-26-24)11-17-5-3-2-4-6-17;1-3-7-14(8-4-1)11-15-12-17-16(18-13-15)19-9-5-2-6-10-19;1-14-8-3-6-5(2-7(8)13)9(10)12-4-11-6/h2-6,12-16,31H,7-11H2,1H3;1,3-4,7-8,12-13H,2,5-6,9-11H2;2-4,13H,1H3. The summed E-state index contributed by atoms with van der Waals surface area (Å²) < 4.78 is 10.1. The number of aromatic hydroxyl groups is 2. The first-order chi connectivity index (χ1) is 31.8. The summed E-state index contributed by atoms with van der Waals surface area (Å²) in [5.41, 5.74) is 6.20. The first-order valence-corrected chi connectivity index (χ1v) is 21.9. The Kier molecular flexibility index (Phi) is 14.5. The van der Waals surface area contributed by atoms with Gasteiger partial charge in [-0.05, 0) is 53.6 Å². The molecule has 0 radical (unpaired) electrons. The summed E-state index contributed by atoms with van der Waals surface area (Å²) in [5.74, 6) is 3.32. The number of phenols is 2. The van der Waals surface area contributed by atoms with Gasteiger partial charge in [-0.25, -0.2) is 39.9 Å². The zero-order valence-corrected chi connectivity index (χ0v) is 37.1. The Morgan fingerprint density at radius 1 is 0.492 bits per heavy atom. The molecule has 0 amide bonds. The highest BCUT2D eigenvalue weighted by Crippen LogP contribution is 2.35. The number of rotatable bonds is 9. The molecular weight excluding hydrogens is 842 g/mol. The van der Waals surface area contributed by atoms with Crippen LogP contribution in [0.3, 0.4) is 0 Å². The van der Waals surface area contributed by atoms with Gasteiger partial charge in [0.25, 0.3) is 0 Å². The number of anilines is 3. The van der Waals surface area contributed by atoms with Gasteiger partial charge in [0.2, 0.25) is 11.9 Å². The molecule has 2 aliphatic heterocycles. The van der Waals surface area contributed by atoms with Crippen LogP contribution in [0.15, 0.2) is 122 Å². The molecule has 2 aliphatic rings. The fraction of sp³-hybridized carbons (Fsp3) is 0.265. The van der Waals surface area contributed by atoms with Crippen molar-refractivity contribution in [3.8, 4) is 23.0 Å². The lowest BCUT2D eigenvalue weighted by molar-refractivity contribution is 0.374. The largest absolute Gasteiger partial charge is 0.504 e. The third-order valence-corrected chi connectivity index (χ3v) is 11.5. The molecule has 0 unspecified atom stereocenters. The van der Waals surface area contributed by atoms with Crippen LogP contribution in [0.1, 0.15) is 41.5 Å². The summed E-state index contributed by atoms with van der Waals surface area (Å²) in [5, 5.41) is 21.4. The molecule has 15 nitrogen and oxygen atoms in total. The number of phenolic OH excluding ortho intramolecular Hbond substituents is 2. The third-order valence-electron chi connectivity index (χ3n) is 11.2. The van der Waals surface area contributed by atoms with Gasteiger partial charge >= 0.3 is 0 Å². The molecule has 16 heteroatoms. The van der Waals surface area contributed by atoms with Gasteiger partial charge in [-0.15, -0.1) is 0 Å². The average Bonchev–Trinajstić information content (AvgIpc) is 3.35. The zero-order chi connectivity index (χ0) is 45.0. The number of benzene rings is 4. The van der Waals surface area contributed by atoms with E-state index in [2.05, 4.69) is 91.0 Å². The fourth-order valence-electron chi connectivity index (χ4n) is 7.76. The normalized spacial score (nSPS) is 13.7. The molecule has 65 heavy (non-hydrogen) atoms. The molecule has 4 aromatic carbocycles. The van der Waals surface area contributed by atoms with E-state index in [0.717, 1.165) is 86.3 Å². The van der Waals surface area contributed by atoms with E-state index in [1.165, 1.54) is 62.6 Å². The van der Waals surface area contributed by atoms with Crippen molar-refractivity contribution >= 4 is 51.1 Å². The van der Waals surface area contributed by atoms with Crippen molar-refractivity contribution in [3.63, 3.8) is 0 Å². The lowest BCUT2D eigenvalue weighted by Crippen LogP contribution is -2.47. The fourth-order valence-corrected chi connectivity index (χ4v) is 7.95. The smallest absolute Gasteiger partial charge is 0.225 e. The first kappa shape index (κ1) is 44.2. The van der Waals surface area contributed by atoms with Gasteiger partial charge in [-0.3, -0.25) is 0 Å². The number of aromatic nitrogens is 8. The van der Waals surface area contributed by atoms with Gasteiger partial charge in [-0.1, -0.05) is 72.3 Å². The van der Waals surface area contributed by atoms with Crippen molar-refractivity contribution in [1.29, 1.82) is 0 Å². The van der Waals surface area contributed by atoms with Crippen LogP contribution < -0.4 is 24.2 Å². The number of piperidine rings is 1. The summed E-state index contributed by atoms with van der Waals surface area (Å²) in [4.78, 5) is 41.5. The second-order valence-electron chi connectivity index (χ2n) is 15.6. The predicted octanol–water partition coefficient (Wildman–Crippen LogP) is 8.11. The van der Waals surface area contributed by atoms with Crippen molar-refractivity contribution in [1.82, 2.24) is 39.9 Å². The van der Waals surface area contributed by atoms with E-state index in [4.69, 9.17) is 21.1 Å². The Balaban J connectivity index is 0.000000147. The van der Waals surface area contributed by atoms with Gasteiger partial charge in [0.1, 0.15) is 23.6 Å². The van der Waals surface area contributed by atoms with Gasteiger partial charge in [-0.2, -0.15) is 0 Å². The quantitative estimate of drug-likeness (QED) is 0.133. The summed E-state index contributed by atoms with van der Waals surface area (Å²) in [6, 6.07) is 27.3. The summed E-state index contributed by atoms with van der Waals surface area (Å²) >= 11 is 5.82. The minimum atomic E-state index is 0.0247. The van der Waals surface area contributed by atoms with Crippen molar-refractivity contribution in [2.24, 2.45) is 0 Å². The molecule has 6 heterocycles. The summed E-state index contributed by atoms with van der Waals surface area (Å²) in [7, 11) is 3.00. The number of fused-ring (bicyclic) bond motifs is 2. The number of nitrogens with zero attached hydrogens (tertiary/aromatic N) is 11. The Morgan fingerprint density at radius 2 is 0.938 bits per heavy atom. The van der Waals surface area contributed by atoms with E-state index in [-0.39, 0.29) is 11.5 Å². The average molecular weight is 892 g/mol. The van der Waals surface area contributed by atoms with Crippen LogP contribution in [0.2, 0.25) is 5.15 Å². The van der Waals surface area contributed by atoms with E-state index < -0.39 is 0 Å². The van der Waals surface area contributed by atoms with Crippen molar-refractivity contribution in [2.45, 2.75) is 32.1 Å². The maximum atomic E-state index is 10.2. The molecule has 0 spiro atoms. The molecule has 0 saturated carbocycles. The lowest BCUT2D eigenvalue weighted by atomic mass is 10.1. The predicted molar refractivity (Wildman–Crippen MR) is 254 cm³/mol. The maximum absolute atomic E-state index is 10.2. The van der Waals surface area contributed by atoms with Crippen LogP contribution in [-0.4, -0.2) is 104 Å². The minimum absolute atomic E-state index is 0.0247. The number of piperazine rings is 1. The van der Waals surface area contributed by atoms with E-state index in [9.17, 15) is 10.2 Å². The SMILES string of the molecule is COc1cc2ncnc(Cl)c2cc1O.COc1cc2ncnc(N3CCN(c4ncc(Cc5ccccc5)cn4)CC3)c2cc1O.c1ccc(Cc2cnc(N3CCCCC3)nc2)cc1. The molecule has 0 aliphatic carbocycles. The van der Waals surface area contributed by atoms with Gasteiger partial charge < -0.3 is 34.4 Å². The number of hydrogen-bond acceptors (Lipinski definition) is 15. The van der Waals surface area contributed by atoms with Crippen molar-refractivity contribution in [3.05, 3.63) is 150 Å². The number of halogens is 1. The van der Waals surface area contributed by atoms with E-state index in [0.29, 0.717) is 27.6 Å². The van der Waals surface area contributed by atoms with Crippen LogP contribution in [0.25, 0.3) is 21.8 Å². The lowest BCUT2D eigenvalue weighted by Gasteiger charge is -2.35. The van der Waals surface area contributed by atoms with Crippen LogP contribution in [-0.2, 0) is 12.8 Å². The minimum Gasteiger partial charge on any atom is -0.504 e. The Hall–Kier alpha value is -7.39. The zero-order valence-electron chi connectivity index (χ0n) is 36.3. The van der Waals surface area contributed by atoms with Crippen LogP contribution in [0.5, 0.6) is 23.0 Å². The molecule has 2 saturated heterocycles. The maximum Gasteiger partial charge on any atom is 0.225 e. The molecule has 2 fully saturated rings. The van der Waals surface area contributed by atoms with Crippen LogP contribution in [0, 0.1) is 0 Å². The molecule has 4 aromatic heterocycles. The van der Waals surface area contributed by atoms with Crippen molar-refractivity contribution in [2.75, 3.05) is 68.2 Å². The third kappa shape index (κ3) is 11.2. The van der Waals surface area contributed by atoms with Gasteiger partial charge in [0, 0.05) is 99.8 Å². The first-order valence-electron chi connectivity index (χ1n) is 21.5. The van der Waals surface area contributed by atoms with Gasteiger partial charge in [0.15, 0.2) is 23.0 Å². The topological polar surface area (TPSA) is 172 Å².